The zero-order valence-electron chi connectivity index (χ0n) is 15.8. The van der Waals surface area contributed by atoms with E-state index in [-0.39, 0.29) is 18.1 Å². The summed E-state index contributed by atoms with van der Waals surface area (Å²) in [6.45, 7) is 4.31. The molecule has 140 valence electrons. The lowest BCUT2D eigenvalue weighted by Gasteiger charge is -2.24. The van der Waals surface area contributed by atoms with Gasteiger partial charge in [-0.1, -0.05) is 12.1 Å². The number of hydrogen-bond donors (Lipinski definition) is 1. The Morgan fingerprint density at radius 1 is 1.35 bits per heavy atom. The normalized spacial score (nSPS) is 19.0. The molecule has 2 aromatic rings. The van der Waals surface area contributed by atoms with Gasteiger partial charge in [-0.3, -0.25) is 9.48 Å². The minimum absolute atomic E-state index is 0.0618. The van der Waals surface area contributed by atoms with Crippen LogP contribution < -0.4 is 14.8 Å². The van der Waals surface area contributed by atoms with Gasteiger partial charge < -0.3 is 19.5 Å². The molecule has 0 saturated heterocycles. The Labute approximate surface area is 153 Å². The van der Waals surface area contributed by atoms with E-state index in [1.165, 1.54) is 0 Å². The number of methoxy groups -OCH3 is 2. The molecule has 1 aromatic carbocycles. The molecule has 0 aliphatic carbocycles. The van der Waals surface area contributed by atoms with Crippen LogP contribution in [0.2, 0.25) is 0 Å². The number of fused-ring (bicyclic) bond motifs is 1. The van der Waals surface area contributed by atoms with Gasteiger partial charge in [0.1, 0.15) is 5.69 Å². The molecule has 1 aliphatic rings. The lowest BCUT2D eigenvalue weighted by molar-refractivity contribution is -0.00710. The zero-order chi connectivity index (χ0) is 18.8. The predicted octanol–water partition coefficient (Wildman–Crippen LogP) is 2.39. The molecule has 0 spiro atoms. The van der Waals surface area contributed by atoms with Crippen LogP contribution in [0, 0.1) is 0 Å². The predicted molar refractivity (Wildman–Crippen MR) is 96.6 cm³/mol. The van der Waals surface area contributed by atoms with Gasteiger partial charge in [-0.25, -0.2) is 0 Å². The van der Waals surface area contributed by atoms with Gasteiger partial charge in [0.15, 0.2) is 11.5 Å². The average molecular weight is 359 g/mol. The van der Waals surface area contributed by atoms with Crippen LogP contribution in [0.25, 0.3) is 0 Å². The van der Waals surface area contributed by atoms with Crippen molar-refractivity contribution in [1.29, 1.82) is 0 Å². The van der Waals surface area contributed by atoms with Crippen LogP contribution >= 0.6 is 0 Å². The Morgan fingerprint density at radius 3 is 2.81 bits per heavy atom. The van der Waals surface area contributed by atoms with Crippen LogP contribution in [-0.4, -0.2) is 36.0 Å². The lowest BCUT2D eigenvalue weighted by atomic mass is 9.99. The highest BCUT2D eigenvalue weighted by molar-refractivity contribution is 5.94. The summed E-state index contributed by atoms with van der Waals surface area (Å²) in [6.07, 6.45) is 0.630. The number of benzene rings is 1. The molecule has 0 saturated carbocycles. The molecular formula is C19H25N3O4. The zero-order valence-corrected chi connectivity index (χ0v) is 15.8. The van der Waals surface area contributed by atoms with E-state index in [0.717, 1.165) is 16.8 Å². The molecular weight excluding hydrogens is 334 g/mol. The summed E-state index contributed by atoms with van der Waals surface area (Å²) < 4.78 is 18.2. The van der Waals surface area contributed by atoms with Crippen LogP contribution in [0.4, 0.5) is 0 Å². The maximum atomic E-state index is 12.9. The fraction of sp³-hybridized carbons (Fsp3) is 0.474. The highest BCUT2D eigenvalue weighted by Crippen LogP contribution is 2.32. The molecule has 1 aromatic heterocycles. The highest BCUT2D eigenvalue weighted by Gasteiger charge is 2.31. The monoisotopic (exact) mass is 359 g/mol. The van der Waals surface area contributed by atoms with E-state index in [9.17, 15) is 4.79 Å². The Balaban J connectivity index is 1.82. The van der Waals surface area contributed by atoms with Crippen molar-refractivity contribution < 1.29 is 19.0 Å². The van der Waals surface area contributed by atoms with Gasteiger partial charge in [0, 0.05) is 31.1 Å². The molecule has 1 aliphatic heterocycles. The number of carbonyl (C=O) groups is 1. The van der Waals surface area contributed by atoms with Gasteiger partial charge in [0.2, 0.25) is 0 Å². The third kappa shape index (κ3) is 3.26. The first-order valence-corrected chi connectivity index (χ1v) is 8.65. The first-order valence-electron chi connectivity index (χ1n) is 8.65. The van der Waals surface area contributed by atoms with Crippen molar-refractivity contribution in [3.05, 3.63) is 40.7 Å². The number of amides is 1. The van der Waals surface area contributed by atoms with Crippen LogP contribution in [0.3, 0.4) is 0 Å². The van der Waals surface area contributed by atoms with Crippen LogP contribution in [0.1, 0.15) is 47.3 Å². The third-order valence-electron chi connectivity index (χ3n) is 4.63. The standard InChI is InChI=1S/C19H25N3O4/c1-11-9-14-16(12(2)26-11)21-22(3)17(14)19(23)20-10-13-7-6-8-15(24-4)18(13)25-5/h6-8,11-12H,9-10H2,1-5H3,(H,20,23)/t11-,12+/m1/s1. The van der Waals surface area contributed by atoms with Crippen molar-refractivity contribution in [2.45, 2.75) is 39.0 Å². The largest absolute Gasteiger partial charge is 0.493 e. The smallest absolute Gasteiger partial charge is 0.270 e. The Kier molecular flexibility index (Phi) is 5.18. The lowest BCUT2D eigenvalue weighted by Crippen LogP contribution is -2.28. The second-order valence-electron chi connectivity index (χ2n) is 6.46. The summed E-state index contributed by atoms with van der Waals surface area (Å²) in [5.74, 6) is 1.10. The molecule has 2 atom stereocenters. The second-order valence-corrected chi connectivity index (χ2v) is 6.46. The number of rotatable bonds is 5. The number of carbonyl (C=O) groups excluding carboxylic acids is 1. The number of nitrogens with zero attached hydrogens (tertiary/aromatic N) is 2. The minimum Gasteiger partial charge on any atom is -0.493 e. The maximum Gasteiger partial charge on any atom is 0.270 e. The number of ether oxygens (including phenoxy) is 3. The van der Waals surface area contributed by atoms with E-state index in [1.54, 1.807) is 25.9 Å². The quantitative estimate of drug-likeness (QED) is 0.887. The van der Waals surface area contributed by atoms with Gasteiger partial charge in [0.05, 0.1) is 32.1 Å². The van der Waals surface area contributed by atoms with E-state index in [0.29, 0.717) is 30.2 Å². The van der Waals surface area contributed by atoms with Crippen molar-refractivity contribution in [3.8, 4) is 11.5 Å². The summed E-state index contributed by atoms with van der Waals surface area (Å²) in [7, 11) is 4.97. The molecule has 0 fully saturated rings. The second kappa shape index (κ2) is 7.37. The summed E-state index contributed by atoms with van der Waals surface area (Å²) in [5.41, 5.74) is 3.24. The van der Waals surface area contributed by atoms with Gasteiger partial charge in [-0.05, 0) is 19.9 Å². The Hall–Kier alpha value is -2.54. The van der Waals surface area contributed by atoms with Crippen molar-refractivity contribution >= 4 is 5.91 Å². The molecule has 3 rings (SSSR count). The van der Waals surface area contributed by atoms with Gasteiger partial charge in [0.25, 0.3) is 5.91 Å². The fourth-order valence-electron chi connectivity index (χ4n) is 3.50. The van der Waals surface area contributed by atoms with E-state index in [4.69, 9.17) is 14.2 Å². The molecule has 0 radical (unpaired) electrons. The van der Waals surface area contributed by atoms with E-state index < -0.39 is 0 Å². The topological polar surface area (TPSA) is 74.6 Å². The molecule has 7 heteroatoms. The van der Waals surface area contributed by atoms with Gasteiger partial charge in [-0.2, -0.15) is 5.10 Å². The summed E-state index contributed by atoms with van der Waals surface area (Å²) in [5, 5.41) is 7.46. The highest BCUT2D eigenvalue weighted by atomic mass is 16.5. The molecule has 1 amide bonds. The van der Waals surface area contributed by atoms with Crippen molar-refractivity contribution in [3.63, 3.8) is 0 Å². The number of hydrogen-bond acceptors (Lipinski definition) is 5. The Bertz CT molecular complexity index is 815. The summed E-state index contributed by atoms with van der Waals surface area (Å²) >= 11 is 0. The van der Waals surface area contributed by atoms with Crippen LogP contribution in [0.15, 0.2) is 18.2 Å². The fourth-order valence-corrected chi connectivity index (χ4v) is 3.50. The van der Waals surface area contributed by atoms with E-state index in [1.807, 2.05) is 32.0 Å². The average Bonchev–Trinajstić information content (AvgIpc) is 2.95. The van der Waals surface area contributed by atoms with Crippen LogP contribution in [-0.2, 0) is 24.8 Å². The SMILES string of the molecule is COc1cccc(CNC(=O)c2c3c(nn2C)[C@H](C)O[C@H](C)C3)c1OC. The summed E-state index contributed by atoms with van der Waals surface area (Å²) in [4.78, 5) is 12.9. The van der Waals surface area contributed by atoms with Crippen molar-refractivity contribution in [2.75, 3.05) is 14.2 Å². The van der Waals surface area contributed by atoms with Crippen LogP contribution in [0.5, 0.6) is 11.5 Å². The van der Waals surface area contributed by atoms with E-state index >= 15 is 0 Å². The first kappa shape index (κ1) is 18.3. The third-order valence-corrected chi connectivity index (χ3v) is 4.63. The molecule has 7 nitrogen and oxygen atoms in total. The van der Waals surface area contributed by atoms with Gasteiger partial charge >= 0.3 is 0 Å². The maximum absolute atomic E-state index is 12.9. The number of nitrogens with one attached hydrogen (secondary N) is 1. The van der Waals surface area contributed by atoms with Crippen molar-refractivity contribution in [1.82, 2.24) is 15.1 Å². The number of aryl methyl sites for hydroxylation is 1. The molecule has 0 unspecified atom stereocenters. The first-order chi connectivity index (χ1) is 12.5. The number of para-hydroxylation sites is 1. The molecule has 2 heterocycles. The minimum atomic E-state index is -0.160. The van der Waals surface area contributed by atoms with Crippen molar-refractivity contribution in [2.24, 2.45) is 7.05 Å². The Morgan fingerprint density at radius 2 is 2.12 bits per heavy atom. The van der Waals surface area contributed by atoms with Gasteiger partial charge in [-0.15, -0.1) is 0 Å². The molecule has 0 bridgehead atoms. The van der Waals surface area contributed by atoms with E-state index in [2.05, 4.69) is 10.4 Å². The number of aromatic nitrogens is 2. The molecule has 26 heavy (non-hydrogen) atoms. The summed E-state index contributed by atoms with van der Waals surface area (Å²) in [6, 6.07) is 5.60. The molecule has 1 N–H and O–H groups in total.